The molecule has 0 aliphatic heterocycles. The minimum atomic E-state index is 0.0434. The quantitative estimate of drug-likeness (QED) is 0.788. The van der Waals surface area contributed by atoms with E-state index in [0.29, 0.717) is 6.61 Å². The first kappa shape index (κ1) is 14.5. The number of nitrogens with two attached hydrogens (primary N) is 1. The van der Waals surface area contributed by atoms with E-state index >= 15 is 0 Å². The molecule has 1 aromatic carbocycles. The van der Waals surface area contributed by atoms with Crippen LogP contribution in [0.3, 0.4) is 0 Å². The highest BCUT2D eigenvalue weighted by atomic mass is 79.9. The molecule has 0 spiro atoms. The van der Waals surface area contributed by atoms with Gasteiger partial charge in [0.2, 0.25) is 0 Å². The standard InChI is InChI=1S/C13H20BrNO2/c1-3-6-17-9-11(15)7-10-4-5-13(16-2)12(14)8-10/h4-5,8,11H,3,6-7,9,15H2,1-2H3. The topological polar surface area (TPSA) is 44.5 Å². The summed E-state index contributed by atoms with van der Waals surface area (Å²) in [5, 5.41) is 0. The molecule has 4 heteroatoms. The van der Waals surface area contributed by atoms with E-state index in [9.17, 15) is 0 Å². The Morgan fingerprint density at radius 2 is 2.18 bits per heavy atom. The molecule has 96 valence electrons. The lowest BCUT2D eigenvalue weighted by Gasteiger charge is -2.13. The molecule has 3 nitrogen and oxygen atoms in total. The summed E-state index contributed by atoms with van der Waals surface area (Å²) in [7, 11) is 1.66. The van der Waals surface area contributed by atoms with Gasteiger partial charge in [-0.05, 0) is 46.5 Å². The van der Waals surface area contributed by atoms with Gasteiger partial charge in [0, 0.05) is 12.6 Å². The maximum atomic E-state index is 6.00. The van der Waals surface area contributed by atoms with Crippen molar-refractivity contribution in [2.24, 2.45) is 5.73 Å². The molecule has 0 aromatic heterocycles. The second-order valence-corrected chi connectivity index (χ2v) is 4.86. The summed E-state index contributed by atoms with van der Waals surface area (Å²) in [5.74, 6) is 0.838. The summed E-state index contributed by atoms with van der Waals surface area (Å²) < 4.78 is 11.6. The van der Waals surface area contributed by atoms with Crippen LogP contribution in [-0.4, -0.2) is 26.4 Å². The van der Waals surface area contributed by atoms with Gasteiger partial charge in [-0.1, -0.05) is 13.0 Å². The molecule has 2 N–H and O–H groups in total. The van der Waals surface area contributed by atoms with Crippen molar-refractivity contribution in [3.8, 4) is 5.75 Å². The van der Waals surface area contributed by atoms with Gasteiger partial charge in [0.05, 0.1) is 18.2 Å². The van der Waals surface area contributed by atoms with Gasteiger partial charge >= 0.3 is 0 Å². The van der Waals surface area contributed by atoms with Crippen LogP contribution >= 0.6 is 15.9 Å². The van der Waals surface area contributed by atoms with Crippen LogP contribution in [0.2, 0.25) is 0 Å². The van der Waals surface area contributed by atoms with Crippen molar-refractivity contribution in [2.45, 2.75) is 25.8 Å². The largest absolute Gasteiger partial charge is 0.496 e. The molecular formula is C13H20BrNO2. The van der Waals surface area contributed by atoms with Crippen LogP contribution in [0.25, 0.3) is 0 Å². The minimum absolute atomic E-state index is 0.0434. The van der Waals surface area contributed by atoms with E-state index in [1.807, 2.05) is 18.2 Å². The van der Waals surface area contributed by atoms with Crippen LogP contribution in [0, 0.1) is 0 Å². The Labute approximate surface area is 111 Å². The summed E-state index contributed by atoms with van der Waals surface area (Å²) in [6.45, 7) is 3.48. The maximum Gasteiger partial charge on any atom is 0.133 e. The van der Waals surface area contributed by atoms with E-state index in [4.69, 9.17) is 15.2 Å². The van der Waals surface area contributed by atoms with Crippen molar-refractivity contribution in [1.82, 2.24) is 0 Å². The fourth-order valence-corrected chi connectivity index (χ4v) is 2.17. The lowest BCUT2D eigenvalue weighted by atomic mass is 10.1. The van der Waals surface area contributed by atoms with Crippen LogP contribution < -0.4 is 10.5 Å². The van der Waals surface area contributed by atoms with Gasteiger partial charge in [0.25, 0.3) is 0 Å². The van der Waals surface area contributed by atoms with Crippen LogP contribution in [0.5, 0.6) is 5.75 Å². The minimum Gasteiger partial charge on any atom is -0.496 e. The zero-order chi connectivity index (χ0) is 12.7. The van der Waals surface area contributed by atoms with Crippen molar-refractivity contribution in [1.29, 1.82) is 0 Å². The highest BCUT2D eigenvalue weighted by Gasteiger charge is 2.06. The molecule has 0 amide bonds. The van der Waals surface area contributed by atoms with Crippen LogP contribution in [0.15, 0.2) is 22.7 Å². The Morgan fingerprint density at radius 3 is 2.76 bits per heavy atom. The van der Waals surface area contributed by atoms with Gasteiger partial charge < -0.3 is 15.2 Å². The molecule has 0 aliphatic carbocycles. The number of halogens is 1. The Bertz CT molecular complexity index is 344. The SMILES string of the molecule is CCCOCC(N)Cc1ccc(OC)c(Br)c1. The average Bonchev–Trinajstić information content (AvgIpc) is 2.29. The summed E-state index contributed by atoms with van der Waals surface area (Å²) in [5.41, 5.74) is 7.18. The number of hydrogen-bond donors (Lipinski definition) is 1. The lowest BCUT2D eigenvalue weighted by molar-refractivity contribution is 0.121. The average molecular weight is 302 g/mol. The van der Waals surface area contributed by atoms with E-state index in [0.717, 1.165) is 29.7 Å². The maximum absolute atomic E-state index is 6.00. The number of ether oxygens (including phenoxy) is 2. The predicted molar refractivity (Wildman–Crippen MR) is 73.5 cm³/mol. The van der Waals surface area contributed by atoms with Gasteiger partial charge in [-0.15, -0.1) is 0 Å². The third kappa shape index (κ3) is 5.06. The third-order valence-corrected chi connectivity index (χ3v) is 3.01. The van der Waals surface area contributed by atoms with E-state index in [1.165, 1.54) is 5.56 Å². The Balaban J connectivity index is 2.48. The molecule has 0 fully saturated rings. The predicted octanol–water partition coefficient (Wildman–Crippen LogP) is 2.75. The third-order valence-electron chi connectivity index (χ3n) is 2.39. The summed E-state index contributed by atoms with van der Waals surface area (Å²) in [4.78, 5) is 0. The van der Waals surface area contributed by atoms with Crippen molar-refractivity contribution in [3.63, 3.8) is 0 Å². The molecule has 1 aromatic rings. The Kier molecular flexibility index (Phi) is 6.55. The molecule has 17 heavy (non-hydrogen) atoms. The van der Waals surface area contributed by atoms with E-state index in [2.05, 4.69) is 22.9 Å². The first-order valence-electron chi connectivity index (χ1n) is 5.83. The van der Waals surface area contributed by atoms with E-state index < -0.39 is 0 Å². The van der Waals surface area contributed by atoms with Crippen molar-refractivity contribution < 1.29 is 9.47 Å². The Morgan fingerprint density at radius 1 is 1.41 bits per heavy atom. The fraction of sp³-hybridized carbons (Fsp3) is 0.538. The molecule has 0 heterocycles. The summed E-state index contributed by atoms with van der Waals surface area (Å²) in [6.07, 6.45) is 1.84. The van der Waals surface area contributed by atoms with Crippen LogP contribution in [0.4, 0.5) is 0 Å². The zero-order valence-corrected chi connectivity index (χ0v) is 12.0. The molecule has 1 rings (SSSR count). The second-order valence-electron chi connectivity index (χ2n) is 4.01. The molecule has 0 saturated carbocycles. The molecule has 0 radical (unpaired) electrons. The van der Waals surface area contributed by atoms with Crippen LogP contribution in [-0.2, 0) is 11.2 Å². The number of rotatable bonds is 7. The van der Waals surface area contributed by atoms with Crippen LogP contribution in [0.1, 0.15) is 18.9 Å². The monoisotopic (exact) mass is 301 g/mol. The Hall–Kier alpha value is -0.580. The zero-order valence-electron chi connectivity index (χ0n) is 10.4. The molecule has 1 unspecified atom stereocenters. The van der Waals surface area contributed by atoms with Crippen molar-refractivity contribution in [3.05, 3.63) is 28.2 Å². The molecular weight excluding hydrogens is 282 g/mol. The van der Waals surface area contributed by atoms with Crippen molar-refractivity contribution in [2.75, 3.05) is 20.3 Å². The smallest absolute Gasteiger partial charge is 0.133 e. The first-order valence-corrected chi connectivity index (χ1v) is 6.62. The van der Waals surface area contributed by atoms with E-state index in [-0.39, 0.29) is 6.04 Å². The van der Waals surface area contributed by atoms with E-state index in [1.54, 1.807) is 7.11 Å². The van der Waals surface area contributed by atoms with Gasteiger partial charge in [-0.3, -0.25) is 0 Å². The van der Waals surface area contributed by atoms with Gasteiger partial charge in [0.1, 0.15) is 5.75 Å². The second kappa shape index (κ2) is 7.69. The highest BCUT2D eigenvalue weighted by molar-refractivity contribution is 9.10. The number of methoxy groups -OCH3 is 1. The summed E-state index contributed by atoms with van der Waals surface area (Å²) >= 11 is 3.46. The number of benzene rings is 1. The molecule has 0 saturated heterocycles. The van der Waals surface area contributed by atoms with Gasteiger partial charge in [-0.25, -0.2) is 0 Å². The number of hydrogen-bond acceptors (Lipinski definition) is 3. The molecule has 0 bridgehead atoms. The summed E-state index contributed by atoms with van der Waals surface area (Å²) in [6, 6.07) is 6.06. The fourth-order valence-electron chi connectivity index (χ4n) is 1.58. The first-order chi connectivity index (χ1) is 8.17. The van der Waals surface area contributed by atoms with Gasteiger partial charge in [0.15, 0.2) is 0 Å². The van der Waals surface area contributed by atoms with Gasteiger partial charge in [-0.2, -0.15) is 0 Å². The highest BCUT2D eigenvalue weighted by Crippen LogP contribution is 2.25. The lowest BCUT2D eigenvalue weighted by Crippen LogP contribution is -2.28. The molecule has 1 atom stereocenters. The normalized spacial score (nSPS) is 12.5. The van der Waals surface area contributed by atoms with Crippen molar-refractivity contribution >= 4 is 15.9 Å². The molecule has 0 aliphatic rings.